The van der Waals surface area contributed by atoms with Gasteiger partial charge in [0, 0.05) is 29.7 Å². The predicted octanol–water partition coefficient (Wildman–Crippen LogP) is 4.01. The SMILES string of the molecule is Cc1ccc(Cl)cc1Nc1c(C(=O)N2CC(c3ccc(F)cc3)C2)cn(OCCO)c(=O)c1Cl. The zero-order valence-electron chi connectivity index (χ0n) is 18.2. The van der Waals surface area contributed by atoms with Gasteiger partial charge < -0.3 is 20.2 Å². The number of carbonyl (C=O) groups excluding carboxylic acids is 1. The fraction of sp³-hybridized carbons (Fsp3) is 0.250. The van der Waals surface area contributed by atoms with E-state index in [4.69, 9.17) is 33.1 Å². The first-order valence-corrected chi connectivity index (χ1v) is 11.3. The highest BCUT2D eigenvalue weighted by molar-refractivity contribution is 6.34. The Hall–Kier alpha value is -3.07. The van der Waals surface area contributed by atoms with Crippen molar-refractivity contribution in [3.8, 4) is 0 Å². The van der Waals surface area contributed by atoms with Crippen LogP contribution in [0.2, 0.25) is 10.0 Å². The Kier molecular flexibility index (Phi) is 7.11. The Morgan fingerprint density at radius 2 is 1.91 bits per heavy atom. The highest BCUT2D eigenvalue weighted by atomic mass is 35.5. The largest absolute Gasteiger partial charge is 0.408 e. The normalized spacial score (nSPS) is 13.5. The number of carbonyl (C=O) groups is 1. The number of benzene rings is 2. The lowest BCUT2D eigenvalue weighted by molar-refractivity contribution is 0.0573. The Labute approximate surface area is 205 Å². The van der Waals surface area contributed by atoms with Crippen LogP contribution in [0.25, 0.3) is 0 Å². The van der Waals surface area contributed by atoms with Crippen molar-refractivity contribution in [1.29, 1.82) is 0 Å². The van der Waals surface area contributed by atoms with E-state index in [1.807, 2.05) is 6.92 Å². The number of aliphatic hydroxyl groups is 1. The summed E-state index contributed by atoms with van der Waals surface area (Å²) in [5.41, 5.74) is 1.94. The molecular formula is C24H22Cl2FN3O4. The quantitative estimate of drug-likeness (QED) is 0.506. The van der Waals surface area contributed by atoms with E-state index >= 15 is 0 Å². The first kappa shape index (κ1) is 24.1. The number of aliphatic hydroxyl groups excluding tert-OH is 1. The second kappa shape index (κ2) is 10.0. The number of nitrogens with zero attached hydrogens (tertiary/aromatic N) is 2. The summed E-state index contributed by atoms with van der Waals surface area (Å²) in [7, 11) is 0. The van der Waals surface area contributed by atoms with Crippen LogP contribution in [0.5, 0.6) is 0 Å². The van der Waals surface area contributed by atoms with Gasteiger partial charge in [-0.25, -0.2) is 4.39 Å². The second-order valence-corrected chi connectivity index (χ2v) is 8.78. The van der Waals surface area contributed by atoms with Gasteiger partial charge in [0.05, 0.1) is 24.1 Å². The van der Waals surface area contributed by atoms with Crippen molar-refractivity contribution < 1.29 is 19.1 Å². The summed E-state index contributed by atoms with van der Waals surface area (Å²) in [4.78, 5) is 33.0. The van der Waals surface area contributed by atoms with Crippen LogP contribution in [0.15, 0.2) is 53.5 Å². The maximum absolute atomic E-state index is 13.4. The standard InChI is InChI=1S/C24H22Cl2FN3O4/c1-14-2-5-17(25)10-20(14)28-22-19(13-30(34-9-8-31)24(33)21(22)26)23(32)29-11-16(12-29)15-3-6-18(27)7-4-15/h2-7,10,13,16,28,31H,8-9,11-12H2,1H3. The third-order valence-corrected chi connectivity index (χ3v) is 6.23. The molecule has 1 saturated heterocycles. The number of hydrogen-bond donors (Lipinski definition) is 2. The van der Waals surface area contributed by atoms with Crippen molar-refractivity contribution in [2.45, 2.75) is 12.8 Å². The number of aromatic nitrogens is 1. The molecule has 1 aliphatic rings. The summed E-state index contributed by atoms with van der Waals surface area (Å²) in [6, 6.07) is 11.4. The minimum absolute atomic E-state index is 0.0724. The molecule has 0 saturated carbocycles. The topological polar surface area (TPSA) is 83.8 Å². The van der Waals surface area contributed by atoms with E-state index in [0.717, 1.165) is 15.9 Å². The van der Waals surface area contributed by atoms with Crippen molar-refractivity contribution in [2.24, 2.45) is 0 Å². The Bertz CT molecular complexity index is 1270. The molecule has 3 aromatic rings. The van der Waals surface area contributed by atoms with E-state index in [9.17, 15) is 14.0 Å². The fourth-order valence-corrected chi connectivity index (χ4v) is 4.11. The van der Waals surface area contributed by atoms with Crippen LogP contribution in [0.1, 0.15) is 27.4 Å². The van der Waals surface area contributed by atoms with Crippen LogP contribution in [0.4, 0.5) is 15.8 Å². The summed E-state index contributed by atoms with van der Waals surface area (Å²) in [6.07, 6.45) is 1.26. The van der Waals surface area contributed by atoms with Gasteiger partial charge in [-0.05, 0) is 42.3 Å². The van der Waals surface area contributed by atoms with Gasteiger partial charge >= 0.3 is 5.56 Å². The van der Waals surface area contributed by atoms with E-state index in [-0.39, 0.29) is 47.1 Å². The minimum Gasteiger partial charge on any atom is -0.408 e. The van der Waals surface area contributed by atoms with Gasteiger partial charge in [0.2, 0.25) is 0 Å². The predicted molar refractivity (Wildman–Crippen MR) is 129 cm³/mol. The summed E-state index contributed by atoms with van der Waals surface area (Å²) in [6.45, 7) is 2.23. The maximum Gasteiger partial charge on any atom is 0.303 e. The van der Waals surface area contributed by atoms with Crippen LogP contribution in [-0.2, 0) is 0 Å². The van der Waals surface area contributed by atoms with Crippen LogP contribution in [-0.4, -0.2) is 46.9 Å². The van der Waals surface area contributed by atoms with Gasteiger partial charge in [-0.15, -0.1) is 0 Å². The first-order valence-electron chi connectivity index (χ1n) is 10.6. The maximum atomic E-state index is 13.4. The average Bonchev–Trinajstić information content (AvgIpc) is 2.79. The molecule has 1 aromatic heterocycles. The van der Waals surface area contributed by atoms with Crippen LogP contribution in [0, 0.1) is 12.7 Å². The Balaban J connectivity index is 1.67. The molecule has 34 heavy (non-hydrogen) atoms. The molecule has 1 aliphatic heterocycles. The third kappa shape index (κ3) is 4.89. The zero-order chi connectivity index (χ0) is 24.4. The molecule has 178 valence electrons. The van der Waals surface area contributed by atoms with Crippen LogP contribution >= 0.6 is 23.2 Å². The second-order valence-electron chi connectivity index (χ2n) is 7.96. The lowest BCUT2D eigenvalue weighted by Crippen LogP contribution is -2.49. The van der Waals surface area contributed by atoms with Crippen molar-refractivity contribution >= 4 is 40.5 Å². The number of rotatable bonds is 7. The molecule has 0 unspecified atom stereocenters. The molecule has 4 rings (SSSR count). The molecule has 1 fully saturated rings. The number of halogens is 3. The molecular weight excluding hydrogens is 484 g/mol. The molecule has 2 heterocycles. The molecule has 0 bridgehead atoms. The van der Waals surface area contributed by atoms with Crippen molar-refractivity contribution in [3.63, 3.8) is 0 Å². The van der Waals surface area contributed by atoms with E-state index in [2.05, 4.69) is 5.32 Å². The Morgan fingerprint density at radius 3 is 2.59 bits per heavy atom. The van der Waals surface area contributed by atoms with E-state index in [1.165, 1.54) is 18.3 Å². The van der Waals surface area contributed by atoms with Gasteiger partial charge in [0.25, 0.3) is 5.91 Å². The number of pyridine rings is 1. The number of hydrogen-bond acceptors (Lipinski definition) is 5. The average molecular weight is 506 g/mol. The van der Waals surface area contributed by atoms with E-state index < -0.39 is 5.56 Å². The highest BCUT2D eigenvalue weighted by Gasteiger charge is 2.34. The summed E-state index contributed by atoms with van der Waals surface area (Å²) in [5, 5.41) is 12.4. The van der Waals surface area contributed by atoms with Crippen molar-refractivity contribution in [3.05, 3.63) is 91.6 Å². The van der Waals surface area contributed by atoms with Crippen molar-refractivity contribution in [1.82, 2.24) is 9.63 Å². The number of amides is 1. The smallest absolute Gasteiger partial charge is 0.303 e. The van der Waals surface area contributed by atoms with Gasteiger partial charge in [0.1, 0.15) is 17.4 Å². The van der Waals surface area contributed by atoms with Crippen molar-refractivity contribution in [2.75, 3.05) is 31.6 Å². The molecule has 0 aliphatic carbocycles. The lowest BCUT2D eigenvalue weighted by atomic mass is 9.91. The Morgan fingerprint density at radius 1 is 1.21 bits per heavy atom. The van der Waals surface area contributed by atoms with Crippen LogP contribution < -0.4 is 15.7 Å². The number of nitrogens with one attached hydrogen (secondary N) is 1. The lowest BCUT2D eigenvalue weighted by Gasteiger charge is -2.40. The van der Waals surface area contributed by atoms with E-state index in [1.54, 1.807) is 35.2 Å². The fourth-order valence-electron chi connectivity index (χ4n) is 3.71. The number of likely N-dealkylation sites (tertiary alicyclic amines) is 1. The third-order valence-electron chi connectivity index (χ3n) is 5.64. The van der Waals surface area contributed by atoms with E-state index in [0.29, 0.717) is 23.8 Å². The molecule has 7 nitrogen and oxygen atoms in total. The number of aryl methyl sites for hydroxylation is 1. The molecule has 10 heteroatoms. The molecule has 0 atom stereocenters. The monoisotopic (exact) mass is 505 g/mol. The molecule has 1 amide bonds. The molecule has 0 radical (unpaired) electrons. The zero-order valence-corrected chi connectivity index (χ0v) is 19.7. The van der Waals surface area contributed by atoms with Gasteiger partial charge in [-0.2, -0.15) is 4.73 Å². The highest BCUT2D eigenvalue weighted by Crippen LogP contribution is 2.34. The molecule has 0 spiro atoms. The minimum atomic E-state index is -0.679. The van der Waals surface area contributed by atoms with Crippen LogP contribution in [0.3, 0.4) is 0 Å². The molecule has 2 aromatic carbocycles. The summed E-state index contributed by atoms with van der Waals surface area (Å²) < 4.78 is 14.1. The summed E-state index contributed by atoms with van der Waals surface area (Å²) in [5.74, 6) is -0.602. The molecule has 2 N–H and O–H groups in total. The van der Waals surface area contributed by atoms with Gasteiger partial charge in [-0.1, -0.05) is 41.4 Å². The summed E-state index contributed by atoms with van der Waals surface area (Å²) >= 11 is 12.5. The van der Waals surface area contributed by atoms with Gasteiger partial charge in [-0.3, -0.25) is 9.59 Å². The van der Waals surface area contributed by atoms with Gasteiger partial charge in [0.15, 0.2) is 0 Å². The first-order chi connectivity index (χ1) is 16.3. The number of anilines is 2.